The summed E-state index contributed by atoms with van der Waals surface area (Å²) in [5.41, 5.74) is 7.34. The molecule has 5 rings (SSSR count). The molecule has 3 heterocycles. The number of aromatic nitrogens is 3. The number of carbonyl (C=O) groups is 2. The Morgan fingerprint density at radius 1 is 1.24 bits per heavy atom. The van der Waals surface area contributed by atoms with E-state index in [9.17, 15) is 9.59 Å². The molecule has 0 saturated heterocycles. The third kappa shape index (κ3) is 4.71. The summed E-state index contributed by atoms with van der Waals surface area (Å²) < 4.78 is 2.04. The third-order valence-corrected chi connectivity index (χ3v) is 7.28. The molecule has 1 fully saturated rings. The van der Waals surface area contributed by atoms with Crippen LogP contribution in [0.25, 0.3) is 0 Å². The van der Waals surface area contributed by atoms with Crippen LogP contribution in [0.4, 0.5) is 0 Å². The molecule has 33 heavy (non-hydrogen) atoms. The van der Waals surface area contributed by atoms with Crippen LogP contribution < -0.4 is 0 Å². The lowest BCUT2D eigenvalue weighted by Gasteiger charge is -2.28. The fraction of sp³-hybridized carbons (Fsp3) is 0.440. The van der Waals surface area contributed by atoms with Crippen LogP contribution in [0.3, 0.4) is 0 Å². The predicted molar refractivity (Wildman–Crippen MR) is 127 cm³/mol. The van der Waals surface area contributed by atoms with Gasteiger partial charge in [-0.3, -0.25) is 14.3 Å². The van der Waals surface area contributed by atoms with Gasteiger partial charge in [0.05, 0.1) is 24.2 Å². The van der Waals surface area contributed by atoms with E-state index in [2.05, 4.69) is 4.98 Å². The number of fused-ring (bicyclic) bond motifs is 1. The maximum absolute atomic E-state index is 13.4. The summed E-state index contributed by atoms with van der Waals surface area (Å²) in [7, 11) is 1.79. The van der Waals surface area contributed by atoms with Crippen molar-refractivity contribution in [1.82, 2.24) is 24.6 Å². The Morgan fingerprint density at radius 2 is 2.06 bits per heavy atom. The van der Waals surface area contributed by atoms with Crippen molar-refractivity contribution in [2.45, 2.75) is 52.2 Å². The van der Waals surface area contributed by atoms with E-state index in [1.165, 1.54) is 24.2 Å². The van der Waals surface area contributed by atoms with Gasteiger partial charge in [0.25, 0.3) is 5.91 Å². The molecule has 8 heteroatoms. The SMILES string of the molecule is Cc1ccccc1CC(=O)N1CCc2c(c(C(=O)N(C)Cc3cscn3)nn2CC2CC2)C1. The van der Waals surface area contributed by atoms with Crippen molar-refractivity contribution in [2.24, 2.45) is 5.92 Å². The zero-order valence-corrected chi connectivity index (χ0v) is 20.0. The number of nitrogens with zero attached hydrogens (tertiary/aromatic N) is 5. The van der Waals surface area contributed by atoms with Crippen LogP contribution in [0.1, 0.15) is 51.4 Å². The molecule has 0 spiro atoms. The molecule has 3 aromatic rings. The van der Waals surface area contributed by atoms with Crippen molar-refractivity contribution in [2.75, 3.05) is 13.6 Å². The van der Waals surface area contributed by atoms with Crippen LogP contribution >= 0.6 is 11.3 Å². The molecule has 0 bridgehead atoms. The van der Waals surface area contributed by atoms with Gasteiger partial charge in [-0.15, -0.1) is 11.3 Å². The van der Waals surface area contributed by atoms with Crippen LogP contribution in [0.5, 0.6) is 0 Å². The van der Waals surface area contributed by atoms with Gasteiger partial charge < -0.3 is 9.80 Å². The fourth-order valence-corrected chi connectivity index (χ4v) is 5.02. The van der Waals surface area contributed by atoms with Gasteiger partial charge in [0.15, 0.2) is 5.69 Å². The number of amides is 2. The highest BCUT2D eigenvalue weighted by Gasteiger charge is 2.33. The Labute approximate surface area is 198 Å². The van der Waals surface area contributed by atoms with Crippen molar-refractivity contribution in [1.29, 1.82) is 0 Å². The molecule has 2 aliphatic rings. The second kappa shape index (κ2) is 9.09. The van der Waals surface area contributed by atoms with Crippen molar-refractivity contribution in [3.8, 4) is 0 Å². The molecule has 1 aliphatic carbocycles. The van der Waals surface area contributed by atoms with E-state index in [0.29, 0.717) is 37.7 Å². The van der Waals surface area contributed by atoms with E-state index >= 15 is 0 Å². The number of benzene rings is 1. The summed E-state index contributed by atoms with van der Waals surface area (Å²) in [4.78, 5) is 34.4. The smallest absolute Gasteiger partial charge is 0.274 e. The maximum Gasteiger partial charge on any atom is 0.274 e. The summed E-state index contributed by atoms with van der Waals surface area (Å²) in [6.45, 7) is 4.45. The van der Waals surface area contributed by atoms with Gasteiger partial charge in [0.1, 0.15) is 0 Å². The van der Waals surface area contributed by atoms with Crippen LogP contribution in [-0.4, -0.2) is 50.0 Å². The number of hydrogen-bond acceptors (Lipinski definition) is 5. The minimum absolute atomic E-state index is 0.0964. The van der Waals surface area contributed by atoms with E-state index in [0.717, 1.165) is 41.0 Å². The first-order chi connectivity index (χ1) is 16.0. The highest BCUT2D eigenvalue weighted by Crippen LogP contribution is 2.33. The summed E-state index contributed by atoms with van der Waals surface area (Å²) in [6, 6.07) is 8.01. The monoisotopic (exact) mass is 463 g/mol. The summed E-state index contributed by atoms with van der Waals surface area (Å²) in [5, 5.41) is 6.74. The van der Waals surface area contributed by atoms with E-state index < -0.39 is 0 Å². The van der Waals surface area contributed by atoms with Crippen LogP contribution in [-0.2, 0) is 37.3 Å². The molecule has 1 aliphatic heterocycles. The molecule has 0 radical (unpaired) electrons. The van der Waals surface area contributed by atoms with Crippen molar-refractivity contribution in [3.05, 3.63) is 68.9 Å². The second-order valence-corrected chi connectivity index (χ2v) is 9.93. The minimum atomic E-state index is -0.109. The molecule has 0 atom stereocenters. The van der Waals surface area contributed by atoms with Gasteiger partial charge in [-0.1, -0.05) is 24.3 Å². The highest BCUT2D eigenvalue weighted by molar-refractivity contribution is 7.07. The standard InChI is InChI=1S/C25H29N5O2S/c1-17-5-3-4-6-19(17)11-23(31)29-10-9-22-21(14-29)24(27-30(22)12-18-7-8-18)25(32)28(2)13-20-15-33-16-26-20/h3-6,15-16,18H,7-14H2,1-2H3. The number of carbonyl (C=O) groups excluding carboxylic acids is 2. The normalized spacial score (nSPS) is 15.4. The Morgan fingerprint density at radius 3 is 2.79 bits per heavy atom. The molecule has 172 valence electrons. The molecule has 0 unspecified atom stereocenters. The van der Waals surface area contributed by atoms with Crippen LogP contribution in [0.2, 0.25) is 0 Å². The maximum atomic E-state index is 13.4. The first-order valence-electron chi connectivity index (χ1n) is 11.5. The van der Waals surface area contributed by atoms with Gasteiger partial charge in [-0.2, -0.15) is 5.10 Å². The van der Waals surface area contributed by atoms with Crippen LogP contribution in [0.15, 0.2) is 35.2 Å². The molecule has 2 amide bonds. The first-order valence-corrected chi connectivity index (χ1v) is 12.5. The number of rotatable bonds is 7. The van der Waals surface area contributed by atoms with E-state index in [1.807, 2.05) is 46.2 Å². The lowest BCUT2D eigenvalue weighted by atomic mass is 10.0. The Bertz CT molecular complexity index is 1170. The van der Waals surface area contributed by atoms with Crippen molar-refractivity contribution < 1.29 is 9.59 Å². The number of aryl methyl sites for hydroxylation is 1. The third-order valence-electron chi connectivity index (χ3n) is 6.65. The average molecular weight is 464 g/mol. The largest absolute Gasteiger partial charge is 0.338 e. The van der Waals surface area contributed by atoms with Crippen molar-refractivity contribution in [3.63, 3.8) is 0 Å². The van der Waals surface area contributed by atoms with E-state index in [-0.39, 0.29) is 11.8 Å². The Hall–Kier alpha value is -3.00. The quantitative estimate of drug-likeness (QED) is 0.538. The van der Waals surface area contributed by atoms with E-state index in [4.69, 9.17) is 5.10 Å². The molecule has 1 saturated carbocycles. The summed E-state index contributed by atoms with van der Waals surface area (Å²) >= 11 is 1.52. The van der Waals surface area contributed by atoms with Gasteiger partial charge in [-0.25, -0.2) is 4.98 Å². The van der Waals surface area contributed by atoms with Gasteiger partial charge in [0.2, 0.25) is 5.91 Å². The fourth-order valence-electron chi connectivity index (χ4n) is 4.47. The minimum Gasteiger partial charge on any atom is -0.338 e. The molecular formula is C25H29N5O2S. The topological polar surface area (TPSA) is 71.3 Å². The number of hydrogen-bond donors (Lipinski definition) is 0. The molecule has 1 aromatic carbocycles. The summed E-state index contributed by atoms with van der Waals surface area (Å²) in [6.07, 6.45) is 3.56. The lowest BCUT2D eigenvalue weighted by Crippen LogP contribution is -2.38. The molecular weight excluding hydrogens is 434 g/mol. The Kier molecular flexibility index (Phi) is 6.01. The van der Waals surface area contributed by atoms with Gasteiger partial charge >= 0.3 is 0 Å². The Balaban J connectivity index is 1.38. The van der Waals surface area contributed by atoms with Crippen LogP contribution in [0, 0.1) is 12.8 Å². The molecule has 2 aromatic heterocycles. The van der Waals surface area contributed by atoms with Gasteiger partial charge in [-0.05, 0) is 36.8 Å². The average Bonchev–Trinajstić information content (AvgIpc) is 3.35. The zero-order valence-electron chi connectivity index (χ0n) is 19.2. The predicted octanol–water partition coefficient (Wildman–Crippen LogP) is 3.46. The summed E-state index contributed by atoms with van der Waals surface area (Å²) in [5.74, 6) is 0.645. The number of thiazole rings is 1. The molecule has 0 N–H and O–H groups in total. The second-order valence-electron chi connectivity index (χ2n) is 9.21. The van der Waals surface area contributed by atoms with Crippen molar-refractivity contribution >= 4 is 23.2 Å². The lowest BCUT2D eigenvalue weighted by molar-refractivity contribution is -0.131. The van der Waals surface area contributed by atoms with E-state index in [1.54, 1.807) is 17.5 Å². The zero-order chi connectivity index (χ0) is 22.9. The molecule has 7 nitrogen and oxygen atoms in total. The first kappa shape index (κ1) is 21.8. The van der Waals surface area contributed by atoms with Gasteiger partial charge in [0, 0.05) is 49.7 Å². The highest BCUT2D eigenvalue weighted by atomic mass is 32.1.